The van der Waals surface area contributed by atoms with E-state index in [0.717, 1.165) is 17.5 Å². The van der Waals surface area contributed by atoms with Gasteiger partial charge < -0.3 is 9.84 Å². The quantitative estimate of drug-likeness (QED) is 0.761. The van der Waals surface area contributed by atoms with Crippen molar-refractivity contribution in [1.29, 1.82) is 0 Å². The Morgan fingerprint density at radius 3 is 2.94 bits per heavy atom. The first kappa shape index (κ1) is 10.3. The molecular weight excluding hydrogens is 214 g/mol. The lowest BCUT2D eigenvalue weighted by Gasteiger charge is -2.18. The molecule has 1 aliphatic rings. The minimum Gasteiger partial charge on any atom is -0.506 e. The molecule has 0 bridgehead atoms. The molecule has 1 aliphatic heterocycles. The lowest BCUT2D eigenvalue weighted by atomic mass is 10.1. The van der Waals surface area contributed by atoms with Gasteiger partial charge in [0.15, 0.2) is 0 Å². The maximum absolute atomic E-state index is 9.78. The van der Waals surface area contributed by atoms with Crippen molar-refractivity contribution < 1.29 is 9.84 Å². The Balaban J connectivity index is 2.06. The molecule has 2 heterocycles. The Hall–Kier alpha value is -1.87. The largest absolute Gasteiger partial charge is 0.506 e. The second-order valence-electron chi connectivity index (χ2n) is 4.11. The van der Waals surface area contributed by atoms with E-state index in [1.807, 2.05) is 30.3 Å². The number of phenolic OH excluding ortho intramolecular Hbond substituents is 1. The van der Waals surface area contributed by atoms with Crippen LogP contribution < -0.4 is 0 Å². The lowest BCUT2D eigenvalue weighted by molar-refractivity contribution is 0.0648. The molecule has 3 heteroatoms. The highest BCUT2D eigenvalue weighted by atomic mass is 16.5. The van der Waals surface area contributed by atoms with E-state index in [2.05, 4.69) is 11.1 Å². The molecule has 17 heavy (non-hydrogen) atoms. The zero-order chi connectivity index (χ0) is 11.7. The zero-order valence-corrected chi connectivity index (χ0v) is 9.34. The monoisotopic (exact) mass is 227 g/mol. The minimum absolute atomic E-state index is 0.00371. The highest BCUT2D eigenvalue weighted by Crippen LogP contribution is 2.28. The van der Waals surface area contributed by atoms with Crippen LogP contribution in [0.1, 0.15) is 18.2 Å². The van der Waals surface area contributed by atoms with Crippen molar-refractivity contribution in [3.05, 3.63) is 48.2 Å². The predicted octanol–water partition coefficient (Wildman–Crippen LogP) is 2.96. The summed E-state index contributed by atoms with van der Waals surface area (Å²) in [5.41, 5.74) is 1.52. The lowest BCUT2D eigenvalue weighted by Crippen LogP contribution is -2.09. The van der Waals surface area contributed by atoms with Gasteiger partial charge in [0, 0.05) is 5.39 Å². The number of pyridine rings is 1. The molecule has 86 valence electrons. The van der Waals surface area contributed by atoms with E-state index in [-0.39, 0.29) is 11.9 Å². The molecule has 0 aliphatic carbocycles. The van der Waals surface area contributed by atoms with E-state index in [1.54, 1.807) is 6.07 Å². The summed E-state index contributed by atoms with van der Waals surface area (Å²) in [5, 5.41) is 10.7. The van der Waals surface area contributed by atoms with Gasteiger partial charge in [-0.3, -0.25) is 0 Å². The molecule has 0 saturated carbocycles. The number of aromatic nitrogens is 1. The normalized spacial score (nSPS) is 19.6. The highest BCUT2D eigenvalue weighted by molar-refractivity contribution is 5.84. The van der Waals surface area contributed by atoms with Crippen molar-refractivity contribution in [3.63, 3.8) is 0 Å². The van der Waals surface area contributed by atoms with E-state index in [0.29, 0.717) is 12.1 Å². The molecular formula is C14H13NO2. The summed E-state index contributed by atoms with van der Waals surface area (Å²) < 4.78 is 5.62. The summed E-state index contributed by atoms with van der Waals surface area (Å²) in [5.74, 6) is 0.218. The SMILES string of the molecule is Oc1cccc2ccc(C3CC=CCO3)nc12. The third-order valence-electron chi connectivity index (χ3n) is 2.96. The van der Waals surface area contributed by atoms with E-state index in [1.165, 1.54) is 0 Å². The number of nitrogens with zero attached hydrogens (tertiary/aromatic N) is 1. The summed E-state index contributed by atoms with van der Waals surface area (Å²) in [7, 11) is 0. The molecule has 0 amide bonds. The van der Waals surface area contributed by atoms with Gasteiger partial charge in [-0.1, -0.05) is 30.4 Å². The maximum atomic E-state index is 9.78. The van der Waals surface area contributed by atoms with Crippen molar-refractivity contribution in [3.8, 4) is 5.75 Å². The van der Waals surface area contributed by atoms with Gasteiger partial charge in [0.2, 0.25) is 0 Å². The van der Waals surface area contributed by atoms with Crippen LogP contribution in [-0.4, -0.2) is 16.7 Å². The Labute approximate surface area is 99.4 Å². The highest BCUT2D eigenvalue weighted by Gasteiger charge is 2.15. The molecule has 0 fully saturated rings. The Morgan fingerprint density at radius 1 is 1.18 bits per heavy atom. The van der Waals surface area contributed by atoms with Crippen LogP contribution in [0.5, 0.6) is 5.75 Å². The summed E-state index contributed by atoms with van der Waals surface area (Å²) in [6, 6.07) is 9.34. The topological polar surface area (TPSA) is 42.4 Å². The predicted molar refractivity (Wildman–Crippen MR) is 65.9 cm³/mol. The number of hydrogen-bond acceptors (Lipinski definition) is 3. The third-order valence-corrected chi connectivity index (χ3v) is 2.96. The molecule has 1 atom stereocenters. The number of ether oxygens (including phenoxy) is 1. The van der Waals surface area contributed by atoms with Crippen LogP contribution in [0, 0.1) is 0 Å². The summed E-state index contributed by atoms with van der Waals surface area (Å²) in [6.07, 6.45) is 4.95. The zero-order valence-electron chi connectivity index (χ0n) is 9.34. The van der Waals surface area contributed by atoms with Gasteiger partial charge in [-0.25, -0.2) is 4.98 Å². The van der Waals surface area contributed by atoms with Gasteiger partial charge >= 0.3 is 0 Å². The van der Waals surface area contributed by atoms with Crippen molar-refractivity contribution in [2.24, 2.45) is 0 Å². The first-order valence-electron chi connectivity index (χ1n) is 5.70. The number of phenols is 1. The second kappa shape index (κ2) is 4.18. The average molecular weight is 227 g/mol. The van der Waals surface area contributed by atoms with Crippen molar-refractivity contribution in [2.75, 3.05) is 6.61 Å². The molecule has 1 unspecified atom stereocenters. The van der Waals surface area contributed by atoms with Gasteiger partial charge in [0.25, 0.3) is 0 Å². The van der Waals surface area contributed by atoms with Crippen molar-refractivity contribution >= 4 is 10.9 Å². The summed E-state index contributed by atoms with van der Waals surface area (Å²) in [6.45, 7) is 0.630. The van der Waals surface area contributed by atoms with Crippen LogP contribution >= 0.6 is 0 Å². The molecule has 2 aromatic rings. The molecule has 1 N–H and O–H groups in total. The summed E-state index contributed by atoms with van der Waals surface area (Å²) >= 11 is 0. The van der Waals surface area contributed by atoms with E-state index < -0.39 is 0 Å². The number of benzene rings is 1. The van der Waals surface area contributed by atoms with Crippen molar-refractivity contribution in [2.45, 2.75) is 12.5 Å². The maximum Gasteiger partial charge on any atom is 0.141 e. The van der Waals surface area contributed by atoms with E-state index in [9.17, 15) is 5.11 Å². The summed E-state index contributed by atoms with van der Waals surface area (Å²) in [4.78, 5) is 4.49. The van der Waals surface area contributed by atoms with Gasteiger partial charge in [0.05, 0.1) is 12.3 Å². The fourth-order valence-corrected chi connectivity index (χ4v) is 2.06. The molecule has 1 aromatic heterocycles. The average Bonchev–Trinajstić information content (AvgIpc) is 2.40. The second-order valence-corrected chi connectivity index (χ2v) is 4.11. The third kappa shape index (κ3) is 1.89. The molecule has 0 spiro atoms. The molecule has 1 aromatic carbocycles. The number of hydrogen-bond donors (Lipinski definition) is 1. The number of fused-ring (bicyclic) bond motifs is 1. The molecule has 0 saturated heterocycles. The fraction of sp³-hybridized carbons (Fsp3) is 0.214. The Morgan fingerprint density at radius 2 is 2.12 bits per heavy atom. The number of para-hydroxylation sites is 1. The van der Waals surface area contributed by atoms with Gasteiger partial charge in [-0.05, 0) is 18.6 Å². The standard InChI is InChI=1S/C14H13NO2/c16-12-5-3-4-10-7-8-11(15-14(10)12)13-6-1-2-9-17-13/h1-5,7-8,13,16H,6,9H2. The van der Waals surface area contributed by atoms with Crippen LogP contribution in [0.2, 0.25) is 0 Å². The van der Waals surface area contributed by atoms with E-state index >= 15 is 0 Å². The first-order valence-corrected chi connectivity index (χ1v) is 5.70. The molecule has 3 nitrogen and oxygen atoms in total. The van der Waals surface area contributed by atoms with Crippen LogP contribution in [0.25, 0.3) is 10.9 Å². The van der Waals surface area contributed by atoms with Crippen LogP contribution in [0.3, 0.4) is 0 Å². The smallest absolute Gasteiger partial charge is 0.141 e. The van der Waals surface area contributed by atoms with Gasteiger partial charge in [-0.15, -0.1) is 0 Å². The Kier molecular flexibility index (Phi) is 2.53. The van der Waals surface area contributed by atoms with Crippen LogP contribution in [-0.2, 0) is 4.74 Å². The molecule has 0 radical (unpaired) electrons. The molecule has 3 rings (SSSR count). The van der Waals surface area contributed by atoms with E-state index in [4.69, 9.17) is 4.74 Å². The van der Waals surface area contributed by atoms with Gasteiger partial charge in [-0.2, -0.15) is 0 Å². The number of aromatic hydroxyl groups is 1. The van der Waals surface area contributed by atoms with Crippen molar-refractivity contribution in [1.82, 2.24) is 4.98 Å². The number of rotatable bonds is 1. The van der Waals surface area contributed by atoms with Crippen LogP contribution in [0.15, 0.2) is 42.5 Å². The fourth-order valence-electron chi connectivity index (χ4n) is 2.06. The van der Waals surface area contributed by atoms with Gasteiger partial charge in [0.1, 0.15) is 17.4 Å². The van der Waals surface area contributed by atoms with Crippen LogP contribution in [0.4, 0.5) is 0 Å². The minimum atomic E-state index is 0.00371. The Bertz CT molecular complexity index is 577. The first-order chi connectivity index (χ1) is 8.34.